The summed E-state index contributed by atoms with van der Waals surface area (Å²) in [6.07, 6.45) is 0.860. The summed E-state index contributed by atoms with van der Waals surface area (Å²) in [5, 5.41) is 3.29. The van der Waals surface area contributed by atoms with Crippen molar-refractivity contribution >= 4 is 0 Å². The predicted octanol–water partition coefficient (Wildman–Crippen LogP) is 2.77. The summed E-state index contributed by atoms with van der Waals surface area (Å²) >= 11 is 0. The van der Waals surface area contributed by atoms with Gasteiger partial charge in [-0.3, -0.25) is 0 Å². The smallest absolute Gasteiger partial charge is 0.0986 e. The number of nitrogens with one attached hydrogen (secondary N) is 1. The summed E-state index contributed by atoms with van der Waals surface area (Å²) in [7, 11) is 1.96. The highest BCUT2D eigenvalue weighted by Gasteiger charge is 2.21. The first-order valence-corrected chi connectivity index (χ1v) is 6.06. The van der Waals surface area contributed by atoms with Gasteiger partial charge in [-0.25, -0.2) is 0 Å². The van der Waals surface area contributed by atoms with Crippen LogP contribution in [-0.4, -0.2) is 19.7 Å². The Kier molecular flexibility index (Phi) is 6.39. The van der Waals surface area contributed by atoms with Crippen LogP contribution < -0.4 is 5.32 Å². The Balaban J connectivity index is 2.85. The third kappa shape index (κ3) is 4.22. The molecular weight excluding hydrogens is 210 g/mol. The fourth-order valence-corrected chi connectivity index (χ4v) is 1.84. The molecule has 0 bridgehead atoms. The lowest BCUT2D eigenvalue weighted by molar-refractivity contribution is 0.0364. The van der Waals surface area contributed by atoms with Crippen LogP contribution in [0.4, 0.5) is 0 Å². The molecule has 0 spiro atoms. The molecule has 17 heavy (non-hydrogen) atoms. The van der Waals surface area contributed by atoms with E-state index < -0.39 is 0 Å². The van der Waals surface area contributed by atoms with E-state index >= 15 is 0 Å². The number of rotatable bonds is 6. The minimum absolute atomic E-state index is 0.0621. The number of benzene rings is 1. The van der Waals surface area contributed by atoms with Crippen molar-refractivity contribution in [1.29, 1.82) is 0 Å². The van der Waals surface area contributed by atoms with Gasteiger partial charge in [-0.05, 0) is 26.5 Å². The lowest BCUT2D eigenvalue weighted by Gasteiger charge is -2.25. The van der Waals surface area contributed by atoms with Crippen LogP contribution in [0.25, 0.3) is 0 Å². The van der Waals surface area contributed by atoms with Gasteiger partial charge in [0.1, 0.15) is 0 Å². The zero-order chi connectivity index (χ0) is 12.5. The highest BCUT2D eigenvalue weighted by Crippen LogP contribution is 2.22. The zero-order valence-electron chi connectivity index (χ0n) is 10.9. The molecular formula is C15H21NO. The van der Waals surface area contributed by atoms with Gasteiger partial charge in [-0.15, -0.1) is 11.8 Å². The Morgan fingerprint density at radius 2 is 2.00 bits per heavy atom. The minimum atomic E-state index is 0.0621. The largest absolute Gasteiger partial charge is 0.372 e. The molecule has 92 valence electrons. The first-order chi connectivity index (χ1) is 8.33. The minimum Gasteiger partial charge on any atom is -0.372 e. The lowest BCUT2D eigenvalue weighted by Crippen LogP contribution is -2.33. The van der Waals surface area contributed by atoms with Gasteiger partial charge in [0.2, 0.25) is 0 Å². The number of ether oxygens (including phenoxy) is 1. The van der Waals surface area contributed by atoms with E-state index in [0.717, 1.165) is 6.42 Å². The first-order valence-electron chi connectivity index (χ1n) is 6.06. The molecule has 1 N–H and O–H groups in total. The molecule has 0 saturated heterocycles. The molecule has 0 aliphatic carbocycles. The third-order valence-corrected chi connectivity index (χ3v) is 2.71. The quantitative estimate of drug-likeness (QED) is 0.760. The van der Waals surface area contributed by atoms with E-state index in [0.29, 0.717) is 6.61 Å². The van der Waals surface area contributed by atoms with Gasteiger partial charge >= 0.3 is 0 Å². The van der Waals surface area contributed by atoms with E-state index in [2.05, 4.69) is 29.3 Å². The molecule has 0 fully saturated rings. The molecule has 1 rings (SSSR count). The number of hydrogen-bond acceptors (Lipinski definition) is 2. The maximum absolute atomic E-state index is 5.85. The second-order valence-electron chi connectivity index (χ2n) is 3.81. The molecule has 2 unspecified atom stereocenters. The monoisotopic (exact) mass is 231 g/mol. The van der Waals surface area contributed by atoms with Crippen molar-refractivity contribution in [2.45, 2.75) is 32.4 Å². The fourth-order valence-electron chi connectivity index (χ4n) is 1.84. The molecule has 0 aromatic heterocycles. The molecule has 2 atom stereocenters. The summed E-state index contributed by atoms with van der Waals surface area (Å²) < 4.78 is 5.85. The summed E-state index contributed by atoms with van der Waals surface area (Å²) in [5.74, 6) is 6.05. The van der Waals surface area contributed by atoms with Crippen LogP contribution in [0.1, 0.15) is 31.9 Å². The molecule has 2 heteroatoms. The molecule has 1 aromatic carbocycles. The van der Waals surface area contributed by atoms with Gasteiger partial charge < -0.3 is 10.1 Å². The van der Waals surface area contributed by atoms with E-state index in [1.54, 1.807) is 0 Å². The normalized spacial score (nSPS) is 13.6. The van der Waals surface area contributed by atoms with Crippen molar-refractivity contribution in [1.82, 2.24) is 5.32 Å². The maximum atomic E-state index is 5.85. The van der Waals surface area contributed by atoms with Gasteiger partial charge in [0.25, 0.3) is 0 Å². The molecule has 0 saturated carbocycles. The first kappa shape index (κ1) is 13.8. The molecule has 0 aliphatic rings. The van der Waals surface area contributed by atoms with Gasteiger partial charge in [0.05, 0.1) is 6.10 Å². The van der Waals surface area contributed by atoms with Gasteiger partial charge in [-0.2, -0.15) is 0 Å². The summed E-state index contributed by atoms with van der Waals surface area (Å²) in [6, 6.07) is 10.5. The second kappa shape index (κ2) is 7.89. The van der Waals surface area contributed by atoms with Crippen LogP contribution in [0.2, 0.25) is 0 Å². The van der Waals surface area contributed by atoms with Crippen molar-refractivity contribution in [3.63, 3.8) is 0 Å². The predicted molar refractivity (Wildman–Crippen MR) is 71.7 cm³/mol. The number of hydrogen-bond donors (Lipinski definition) is 1. The van der Waals surface area contributed by atoms with Crippen LogP contribution in [-0.2, 0) is 4.74 Å². The SMILES string of the molecule is CC#CCC(NC)C(OCC)c1ccccc1. The van der Waals surface area contributed by atoms with Gasteiger partial charge in [0.15, 0.2) is 0 Å². The molecule has 0 radical (unpaired) electrons. The highest BCUT2D eigenvalue weighted by atomic mass is 16.5. The summed E-state index contributed by atoms with van der Waals surface area (Å²) in [5.41, 5.74) is 1.20. The van der Waals surface area contributed by atoms with Crippen molar-refractivity contribution in [2.75, 3.05) is 13.7 Å². The van der Waals surface area contributed by atoms with E-state index in [1.165, 1.54) is 5.56 Å². The zero-order valence-corrected chi connectivity index (χ0v) is 10.9. The Hall–Kier alpha value is -1.30. The van der Waals surface area contributed by atoms with Crippen LogP contribution in [0.3, 0.4) is 0 Å². The topological polar surface area (TPSA) is 21.3 Å². The maximum Gasteiger partial charge on any atom is 0.0986 e. The van der Waals surface area contributed by atoms with Gasteiger partial charge in [-0.1, -0.05) is 30.3 Å². The van der Waals surface area contributed by atoms with Crippen LogP contribution in [0, 0.1) is 11.8 Å². The Labute approximate surface area is 104 Å². The molecule has 0 heterocycles. The second-order valence-corrected chi connectivity index (χ2v) is 3.81. The van der Waals surface area contributed by atoms with E-state index in [1.807, 2.05) is 39.1 Å². The molecule has 0 amide bonds. The Morgan fingerprint density at radius 3 is 2.53 bits per heavy atom. The van der Waals surface area contributed by atoms with Crippen LogP contribution in [0.5, 0.6) is 0 Å². The van der Waals surface area contributed by atoms with Gasteiger partial charge in [0, 0.05) is 19.1 Å². The van der Waals surface area contributed by atoms with E-state index in [4.69, 9.17) is 4.74 Å². The third-order valence-electron chi connectivity index (χ3n) is 2.71. The van der Waals surface area contributed by atoms with Crippen LogP contribution in [0.15, 0.2) is 30.3 Å². The Bertz CT molecular complexity index is 364. The lowest BCUT2D eigenvalue weighted by atomic mass is 10.00. The summed E-state index contributed by atoms with van der Waals surface area (Å²) in [4.78, 5) is 0. The highest BCUT2D eigenvalue weighted by molar-refractivity contribution is 5.20. The van der Waals surface area contributed by atoms with Crippen molar-refractivity contribution in [2.24, 2.45) is 0 Å². The standard InChI is InChI=1S/C15H21NO/c1-4-6-12-14(16-3)15(17-5-2)13-10-8-7-9-11-13/h7-11,14-16H,5,12H2,1-3H3. The molecule has 0 aliphatic heterocycles. The van der Waals surface area contributed by atoms with Crippen LogP contribution >= 0.6 is 0 Å². The van der Waals surface area contributed by atoms with E-state index in [-0.39, 0.29) is 12.1 Å². The van der Waals surface area contributed by atoms with Crippen molar-refractivity contribution in [3.05, 3.63) is 35.9 Å². The molecule has 1 aromatic rings. The molecule has 2 nitrogen and oxygen atoms in total. The average molecular weight is 231 g/mol. The fraction of sp³-hybridized carbons (Fsp3) is 0.467. The van der Waals surface area contributed by atoms with E-state index in [9.17, 15) is 0 Å². The van der Waals surface area contributed by atoms with Crippen molar-refractivity contribution in [3.8, 4) is 11.8 Å². The van der Waals surface area contributed by atoms with Crippen molar-refractivity contribution < 1.29 is 4.74 Å². The number of likely N-dealkylation sites (N-methyl/N-ethyl adjacent to an activating group) is 1. The summed E-state index contributed by atoms with van der Waals surface area (Å²) in [6.45, 7) is 4.59. The average Bonchev–Trinajstić information content (AvgIpc) is 2.39. The Morgan fingerprint density at radius 1 is 1.29 bits per heavy atom.